The summed E-state index contributed by atoms with van der Waals surface area (Å²) in [5.41, 5.74) is 0.0681. The number of nitrogens with zero attached hydrogens (tertiary/aromatic N) is 2. The van der Waals surface area contributed by atoms with Crippen LogP contribution < -0.4 is 0 Å². The van der Waals surface area contributed by atoms with Gasteiger partial charge >= 0.3 is 0 Å². The van der Waals surface area contributed by atoms with Crippen LogP contribution in [0, 0.1) is 23.0 Å². The molecule has 1 aromatic rings. The van der Waals surface area contributed by atoms with E-state index >= 15 is 0 Å². The lowest BCUT2D eigenvalue weighted by molar-refractivity contribution is -0.384. The lowest BCUT2D eigenvalue weighted by atomic mass is 10.1. The van der Waals surface area contributed by atoms with Crippen molar-refractivity contribution in [3.8, 4) is 0 Å². The summed E-state index contributed by atoms with van der Waals surface area (Å²) in [6.45, 7) is 2.12. The van der Waals surface area contributed by atoms with E-state index in [0.29, 0.717) is 18.0 Å². The van der Waals surface area contributed by atoms with Gasteiger partial charge in [-0.2, -0.15) is 4.31 Å². The van der Waals surface area contributed by atoms with E-state index in [1.54, 1.807) is 6.92 Å². The fourth-order valence-electron chi connectivity index (χ4n) is 3.36. The van der Waals surface area contributed by atoms with Gasteiger partial charge in [-0.05, 0) is 43.7 Å². The number of halogens is 1. The minimum Gasteiger partial charge on any atom is -0.258 e. The number of fused-ring (bicyclic) bond motifs is 2. The second kappa shape index (κ2) is 4.93. The maximum Gasteiger partial charge on any atom is 0.289 e. The maximum atomic E-state index is 12.8. The monoisotopic (exact) mass is 330 g/mol. The summed E-state index contributed by atoms with van der Waals surface area (Å²) in [5.74, 6) is 0.423. The molecule has 2 fully saturated rings. The van der Waals surface area contributed by atoms with E-state index in [0.717, 1.165) is 25.3 Å². The molecular formula is C13H15ClN2O4S. The average Bonchev–Trinajstić information content (AvgIpc) is 3.00. The third-order valence-corrected chi connectivity index (χ3v) is 6.75. The third kappa shape index (κ3) is 2.33. The van der Waals surface area contributed by atoms with E-state index in [4.69, 9.17) is 11.6 Å². The van der Waals surface area contributed by atoms with Crippen LogP contribution >= 0.6 is 11.6 Å². The van der Waals surface area contributed by atoms with Crippen molar-refractivity contribution in [2.24, 2.45) is 5.92 Å². The molecule has 1 saturated carbocycles. The van der Waals surface area contributed by atoms with Crippen molar-refractivity contribution in [3.05, 3.63) is 32.8 Å². The van der Waals surface area contributed by atoms with Gasteiger partial charge in [0.25, 0.3) is 5.69 Å². The van der Waals surface area contributed by atoms with Gasteiger partial charge in [-0.3, -0.25) is 10.1 Å². The summed E-state index contributed by atoms with van der Waals surface area (Å²) >= 11 is 5.82. The van der Waals surface area contributed by atoms with Gasteiger partial charge in [-0.15, -0.1) is 0 Å². The van der Waals surface area contributed by atoms with Crippen molar-refractivity contribution in [3.63, 3.8) is 0 Å². The highest BCUT2D eigenvalue weighted by molar-refractivity contribution is 7.89. The van der Waals surface area contributed by atoms with Gasteiger partial charge < -0.3 is 0 Å². The van der Waals surface area contributed by atoms with Crippen molar-refractivity contribution in [2.75, 3.05) is 6.54 Å². The average molecular weight is 331 g/mol. The lowest BCUT2D eigenvalue weighted by Gasteiger charge is -2.26. The third-order valence-electron chi connectivity index (χ3n) is 4.39. The first-order valence-electron chi connectivity index (χ1n) is 6.77. The number of rotatable bonds is 3. The molecule has 0 aromatic heterocycles. The van der Waals surface area contributed by atoms with Crippen LogP contribution in [0.25, 0.3) is 0 Å². The van der Waals surface area contributed by atoms with E-state index in [2.05, 4.69) is 0 Å². The van der Waals surface area contributed by atoms with E-state index in [1.807, 2.05) is 0 Å². The summed E-state index contributed by atoms with van der Waals surface area (Å²) in [6.07, 6.45) is 2.84. The van der Waals surface area contributed by atoms with E-state index in [-0.39, 0.29) is 21.6 Å². The molecule has 3 rings (SSSR count). The Hall–Kier alpha value is -1.18. The van der Waals surface area contributed by atoms with Crippen LogP contribution in [0.3, 0.4) is 0 Å². The number of piperidine rings is 1. The van der Waals surface area contributed by atoms with Gasteiger partial charge in [0.1, 0.15) is 5.02 Å². The lowest BCUT2D eigenvalue weighted by Crippen LogP contribution is -2.37. The molecule has 0 N–H and O–H groups in total. The molecule has 1 saturated heterocycles. The molecule has 1 heterocycles. The predicted octanol–water partition coefficient (Wildman–Crippen LogP) is 2.73. The van der Waals surface area contributed by atoms with E-state index in [1.165, 1.54) is 10.4 Å². The van der Waals surface area contributed by atoms with Crippen LogP contribution in [0.2, 0.25) is 5.02 Å². The van der Waals surface area contributed by atoms with Crippen LogP contribution in [-0.2, 0) is 10.0 Å². The Kier molecular flexibility index (Phi) is 3.46. The normalized spacial score (nSPS) is 25.4. The van der Waals surface area contributed by atoms with Gasteiger partial charge in [-0.1, -0.05) is 11.6 Å². The minimum absolute atomic E-state index is 0.00819. The fraction of sp³-hybridized carbons (Fsp3) is 0.538. The zero-order valence-corrected chi connectivity index (χ0v) is 13.0. The van der Waals surface area contributed by atoms with E-state index in [9.17, 15) is 18.5 Å². The van der Waals surface area contributed by atoms with Crippen molar-refractivity contribution >= 4 is 27.3 Å². The van der Waals surface area contributed by atoms with Crippen LogP contribution in [0.1, 0.15) is 24.8 Å². The van der Waals surface area contributed by atoms with Crippen molar-refractivity contribution in [2.45, 2.75) is 37.1 Å². The fourth-order valence-corrected chi connectivity index (χ4v) is 5.62. The van der Waals surface area contributed by atoms with Gasteiger partial charge in [-0.25, -0.2) is 8.42 Å². The quantitative estimate of drug-likeness (QED) is 0.630. The number of benzene rings is 1. The molecule has 6 nitrogen and oxygen atoms in total. The van der Waals surface area contributed by atoms with Gasteiger partial charge in [0.15, 0.2) is 0 Å². The molecule has 0 radical (unpaired) electrons. The smallest absolute Gasteiger partial charge is 0.258 e. The molecule has 1 aliphatic carbocycles. The predicted molar refractivity (Wildman–Crippen MR) is 77.9 cm³/mol. The number of hydrogen-bond acceptors (Lipinski definition) is 4. The number of aryl methyl sites for hydroxylation is 1. The second-order valence-corrected chi connectivity index (χ2v) is 8.00. The highest BCUT2D eigenvalue weighted by Gasteiger charge is 2.45. The molecular weight excluding hydrogens is 316 g/mol. The second-order valence-electron chi connectivity index (χ2n) is 5.73. The molecule has 1 aromatic carbocycles. The van der Waals surface area contributed by atoms with Gasteiger partial charge in [0, 0.05) is 18.7 Å². The first kappa shape index (κ1) is 14.7. The Morgan fingerprint density at radius 2 is 2.10 bits per heavy atom. The van der Waals surface area contributed by atoms with Crippen molar-refractivity contribution in [1.82, 2.24) is 4.31 Å². The molecule has 2 unspecified atom stereocenters. The zero-order chi connectivity index (χ0) is 15.4. The van der Waals surface area contributed by atoms with Crippen LogP contribution in [0.15, 0.2) is 17.0 Å². The number of nitro benzene ring substituents is 1. The summed E-state index contributed by atoms with van der Waals surface area (Å²) < 4.78 is 27.1. The Labute approximate surface area is 127 Å². The largest absolute Gasteiger partial charge is 0.289 e. The molecule has 2 atom stereocenters. The van der Waals surface area contributed by atoms with Crippen LogP contribution in [-0.4, -0.2) is 30.2 Å². The Morgan fingerprint density at radius 3 is 2.62 bits per heavy atom. The molecule has 1 aliphatic heterocycles. The van der Waals surface area contributed by atoms with Gasteiger partial charge in [0.05, 0.1) is 9.82 Å². The van der Waals surface area contributed by atoms with Gasteiger partial charge in [0.2, 0.25) is 10.0 Å². The Morgan fingerprint density at radius 1 is 1.38 bits per heavy atom. The van der Waals surface area contributed by atoms with Crippen LogP contribution in [0.5, 0.6) is 0 Å². The minimum atomic E-state index is -3.70. The highest BCUT2D eigenvalue weighted by Crippen LogP contribution is 2.41. The highest BCUT2D eigenvalue weighted by atomic mass is 35.5. The van der Waals surface area contributed by atoms with Crippen molar-refractivity contribution in [1.29, 1.82) is 0 Å². The molecule has 21 heavy (non-hydrogen) atoms. The molecule has 114 valence electrons. The first-order valence-corrected chi connectivity index (χ1v) is 8.59. The van der Waals surface area contributed by atoms with Crippen molar-refractivity contribution < 1.29 is 13.3 Å². The summed E-state index contributed by atoms with van der Waals surface area (Å²) in [5, 5.41) is 10.9. The summed E-state index contributed by atoms with van der Waals surface area (Å²) in [6, 6.07) is 2.47. The number of hydrogen-bond donors (Lipinski definition) is 0. The maximum absolute atomic E-state index is 12.8. The molecule has 2 aliphatic rings. The molecule has 0 amide bonds. The zero-order valence-electron chi connectivity index (χ0n) is 11.5. The SMILES string of the molecule is Cc1cc(Cl)c([N+](=O)[O-])cc1S(=O)(=O)N1CC2CCC1C2. The molecule has 8 heteroatoms. The summed E-state index contributed by atoms with van der Waals surface area (Å²) in [4.78, 5) is 10.3. The first-order chi connectivity index (χ1) is 9.80. The Bertz CT molecular complexity index is 719. The van der Waals surface area contributed by atoms with Crippen LogP contribution in [0.4, 0.5) is 5.69 Å². The molecule has 2 bridgehead atoms. The standard InChI is InChI=1S/C13H15ClN2O4S/c1-8-4-11(14)12(16(17)18)6-13(8)21(19,20)15-7-9-2-3-10(15)5-9/h4,6,9-10H,2-3,5,7H2,1H3. The summed E-state index contributed by atoms with van der Waals surface area (Å²) in [7, 11) is -3.70. The number of nitro groups is 1. The van der Waals surface area contributed by atoms with E-state index < -0.39 is 14.9 Å². The Balaban J connectivity index is 2.07. The molecule has 0 spiro atoms. The topological polar surface area (TPSA) is 80.5 Å². The number of sulfonamides is 1.